The summed E-state index contributed by atoms with van der Waals surface area (Å²) in [6, 6.07) is 0. The fraction of sp³-hybridized carbons (Fsp3) is 0.714. The summed E-state index contributed by atoms with van der Waals surface area (Å²) < 4.78 is 0. The Morgan fingerprint density at radius 2 is 1.56 bits per heavy atom. The lowest BCUT2D eigenvalue weighted by molar-refractivity contribution is -0.114. The van der Waals surface area contributed by atoms with E-state index in [9.17, 15) is 9.59 Å². The SMILES string of the molecule is C=CCSC(=O)[C@@H](C)CC.CC[C@H](C)C(=O)SC. The van der Waals surface area contributed by atoms with Gasteiger partial charge in [-0.3, -0.25) is 9.59 Å². The van der Waals surface area contributed by atoms with Crippen molar-refractivity contribution in [2.24, 2.45) is 11.8 Å². The molecule has 0 fully saturated rings. The Hall–Kier alpha value is -0.220. The van der Waals surface area contributed by atoms with E-state index in [1.54, 1.807) is 6.08 Å². The first-order chi connectivity index (χ1) is 8.44. The van der Waals surface area contributed by atoms with E-state index in [1.165, 1.54) is 23.5 Å². The second-order valence-electron chi connectivity index (χ2n) is 4.06. The van der Waals surface area contributed by atoms with Gasteiger partial charge in [-0.05, 0) is 19.1 Å². The lowest BCUT2D eigenvalue weighted by Gasteiger charge is -2.03. The maximum atomic E-state index is 11.0. The molecular formula is C14H26O2S2. The summed E-state index contributed by atoms with van der Waals surface area (Å²) in [7, 11) is 0. The van der Waals surface area contributed by atoms with Crippen molar-refractivity contribution >= 4 is 33.8 Å². The van der Waals surface area contributed by atoms with Crippen molar-refractivity contribution in [2.75, 3.05) is 12.0 Å². The van der Waals surface area contributed by atoms with Crippen LogP contribution in [-0.4, -0.2) is 22.2 Å². The highest BCUT2D eigenvalue weighted by Gasteiger charge is 2.09. The predicted octanol–water partition coefficient (Wildman–Crippen LogP) is 4.40. The minimum Gasteiger partial charge on any atom is -0.287 e. The highest BCUT2D eigenvalue weighted by Crippen LogP contribution is 2.13. The maximum absolute atomic E-state index is 11.0. The molecule has 18 heavy (non-hydrogen) atoms. The van der Waals surface area contributed by atoms with E-state index in [4.69, 9.17) is 0 Å². The zero-order chi connectivity index (χ0) is 14.6. The van der Waals surface area contributed by atoms with Gasteiger partial charge >= 0.3 is 0 Å². The van der Waals surface area contributed by atoms with Gasteiger partial charge in [-0.25, -0.2) is 0 Å². The summed E-state index contributed by atoms with van der Waals surface area (Å²) in [6.07, 6.45) is 5.47. The van der Waals surface area contributed by atoms with Crippen molar-refractivity contribution < 1.29 is 9.59 Å². The monoisotopic (exact) mass is 290 g/mol. The summed E-state index contributed by atoms with van der Waals surface area (Å²) in [5, 5.41) is 0.579. The Bertz CT molecular complexity index is 252. The van der Waals surface area contributed by atoms with Gasteiger partial charge in [0.25, 0.3) is 0 Å². The molecule has 0 aliphatic rings. The first-order valence-electron chi connectivity index (χ1n) is 6.29. The molecule has 2 atom stereocenters. The molecule has 0 aliphatic heterocycles. The molecule has 0 unspecified atom stereocenters. The smallest absolute Gasteiger partial charge is 0.192 e. The summed E-state index contributed by atoms with van der Waals surface area (Å²) >= 11 is 2.67. The molecule has 0 aromatic rings. The largest absolute Gasteiger partial charge is 0.287 e. The number of hydrogen-bond donors (Lipinski definition) is 0. The van der Waals surface area contributed by atoms with Crippen LogP contribution in [0.4, 0.5) is 0 Å². The van der Waals surface area contributed by atoms with Gasteiger partial charge in [-0.15, -0.1) is 6.58 Å². The first kappa shape index (κ1) is 20.1. The van der Waals surface area contributed by atoms with Gasteiger partial charge in [0, 0.05) is 17.6 Å². The molecule has 0 saturated heterocycles. The highest BCUT2D eigenvalue weighted by atomic mass is 32.2. The molecule has 0 aromatic heterocycles. The molecular weight excluding hydrogens is 264 g/mol. The number of thioether (sulfide) groups is 2. The van der Waals surface area contributed by atoms with Gasteiger partial charge in [-0.1, -0.05) is 57.3 Å². The minimum atomic E-state index is 0.199. The predicted molar refractivity (Wildman–Crippen MR) is 85.1 cm³/mol. The fourth-order valence-electron chi connectivity index (χ4n) is 0.818. The van der Waals surface area contributed by atoms with Crippen LogP contribution in [0.2, 0.25) is 0 Å². The average molecular weight is 290 g/mol. The standard InChI is InChI=1S/C8H14OS.C6H12OS/c1-4-6-10-8(9)7(3)5-2;1-4-5(2)6(7)8-3/h4,7H,1,5-6H2,2-3H3;5H,4H2,1-3H3/t7-;5-/m00/s1. The van der Waals surface area contributed by atoms with E-state index >= 15 is 0 Å². The number of rotatable bonds is 6. The van der Waals surface area contributed by atoms with Crippen molar-refractivity contribution in [1.29, 1.82) is 0 Å². The van der Waals surface area contributed by atoms with E-state index in [0.717, 1.165) is 18.6 Å². The highest BCUT2D eigenvalue weighted by molar-refractivity contribution is 8.13. The van der Waals surface area contributed by atoms with Crippen LogP contribution in [0.1, 0.15) is 40.5 Å². The van der Waals surface area contributed by atoms with Crippen LogP contribution >= 0.6 is 23.5 Å². The van der Waals surface area contributed by atoms with Gasteiger partial charge in [0.15, 0.2) is 10.2 Å². The van der Waals surface area contributed by atoms with Crippen molar-refractivity contribution in [3.63, 3.8) is 0 Å². The van der Waals surface area contributed by atoms with E-state index in [0.29, 0.717) is 5.12 Å². The minimum absolute atomic E-state index is 0.199. The molecule has 0 radical (unpaired) electrons. The molecule has 106 valence electrons. The van der Waals surface area contributed by atoms with Gasteiger partial charge in [0.2, 0.25) is 0 Å². The van der Waals surface area contributed by atoms with E-state index in [2.05, 4.69) is 6.58 Å². The third kappa shape index (κ3) is 10.9. The van der Waals surface area contributed by atoms with Gasteiger partial charge in [-0.2, -0.15) is 0 Å². The fourth-order valence-corrected chi connectivity index (χ4v) is 2.12. The topological polar surface area (TPSA) is 34.1 Å². The molecule has 4 heteroatoms. The van der Waals surface area contributed by atoms with Crippen LogP contribution in [0, 0.1) is 11.8 Å². The Labute approximate surface area is 120 Å². The van der Waals surface area contributed by atoms with Crippen LogP contribution < -0.4 is 0 Å². The summed E-state index contributed by atoms with van der Waals surface area (Å²) in [6.45, 7) is 11.5. The van der Waals surface area contributed by atoms with Gasteiger partial charge in [0.1, 0.15) is 0 Å². The van der Waals surface area contributed by atoms with Gasteiger partial charge < -0.3 is 0 Å². The van der Waals surface area contributed by atoms with Crippen molar-refractivity contribution in [1.82, 2.24) is 0 Å². The Balaban J connectivity index is 0. The molecule has 0 aromatic carbocycles. The Morgan fingerprint density at radius 3 is 1.83 bits per heavy atom. The third-order valence-corrected chi connectivity index (χ3v) is 4.47. The molecule has 0 bridgehead atoms. The van der Waals surface area contributed by atoms with Crippen molar-refractivity contribution in [3.05, 3.63) is 12.7 Å². The average Bonchev–Trinajstić information content (AvgIpc) is 2.42. The molecule has 0 spiro atoms. The Morgan fingerprint density at radius 1 is 1.11 bits per heavy atom. The summed E-state index contributed by atoms with van der Waals surface area (Å²) in [5.41, 5.74) is 0. The van der Waals surface area contributed by atoms with Crippen LogP contribution in [0.25, 0.3) is 0 Å². The molecule has 0 aliphatic carbocycles. The molecule has 2 nitrogen and oxygen atoms in total. The van der Waals surface area contributed by atoms with Crippen LogP contribution in [0.5, 0.6) is 0 Å². The van der Waals surface area contributed by atoms with Crippen molar-refractivity contribution in [3.8, 4) is 0 Å². The summed E-state index contributed by atoms with van der Waals surface area (Å²) in [4.78, 5) is 21.8. The van der Waals surface area contributed by atoms with E-state index in [1.807, 2.05) is 34.0 Å². The number of carbonyl (C=O) groups is 2. The normalized spacial score (nSPS) is 12.9. The van der Waals surface area contributed by atoms with E-state index in [-0.39, 0.29) is 17.0 Å². The lowest BCUT2D eigenvalue weighted by Crippen LogP contribution is -2.04. The zero-order valence-electron chi connectivity index (χ0n) is 12.2. The molecule has 0 saturated carbocycles. The van der Waals surface area contributed by atoms with E-state index < -0.39 is 0 Å². The molecule has 0 rings (SSSR count). The van der Waals surface area contributed by atoms with Crippen molar-refractivity contribution in [2.45, 2.75) is 40.5 Å². The summed E-state index contributed by atoms with van der Waals surface area (Å²) in [5.74, 6) is 1.18. The molecule has 0 N–H and O–H groups in total. The second kappa shape index (κ2) is 13.2. The van der Waals surface area contributed by atoms with Crippen LogP contribution in [-0.2, 0) is 9.59 Å². The van der Waals surface area contributed by atoms with Crippen LogP contribution in [0.15, 0.2) is 12.7 Å². The Kier molecular flexibility index (Phi) is 14.8. The molecule has 0 amide bonds. The maximum Gasteiger partial charge on any atom is 0.192 e. The second-order valence-corrected chi connectivity index (χ2v) is 5.90. The van der Waals surface area contributed by atoms with Crippen LogP contribution in [0.3, 0.4) is 0 Å². The third-order valence-electron chi connectivity index (χ3n) is 2.57. The number of carbonyl (C=O) groups excluding carboxylic acids is 2. The first-order valence-corrected chi connectivity index (χ1v) is 8.50. The quantitative estimate of drug-likeness (QED) is 0.679. The molecule has 0 heterocycles. The zero-order valence-corrected chi connectivity index (χ0v) is 13.8. The number of hydrogen-bond acceptors (Lipinski definition) is 4. The van der Waals surface area contributed by atoms with Gasteiger partial charge in [0.05, 0.1) is 0 Å². The lowest BCUT2D eigenvalue weighted by atomic mass is 10.1.